The summed E-state index contributed by atoms with van der Waals surface area (Å²) in [5, 5.41) is 0. The maximum Gasteiger partial charge on any atom is 0.229 e. The van der Waals surface area contributed by atoms with Crippen molar-refractivity contribution in [3.63, 3.8) is 0 Å². The Balaban J connectivity index is 1.70. The minimum absolute atomic E-state index is 0.00564. The second-order valence-electron chi connectivity index (χ2n) is 5.66. The molecule has 18 heavy (non-hydrogen) atoms. The van der Waals surface area contributed by atoms with E-state index < -0.39 is 0 Å². The summed E-state index contributed by atoms with van der Waals surface area (Å²) >= 11 is 0. The molecule has 5 nitrogen and oxygen atoms in total. The fraction of sp³-hybridized carbons (Fsp3) is 0.846. The van der Waals surface area contributed by atoms with Crippen molar-refractivity contribution in [1.29, 1.82) is 0 Å². The van der Waals surface area contributed by atoms with Crippen LogP contribution in [0.5, 0.6) is 0 Å². The second-order valence-corrected chi connectivity index (χ2v) is 5.66. The molecular weight excluding hydrogens is 232 g/mol. The lowest BCUT2D eigenvalue weighted by molar-refractivity contribution is -0.141. The first-order chi connectivity index (χ1) is 8.70. The van der Waals surface area contributed by atoms with Crippen LogP contribution >= 0.6 is 0 Å². The summed E-state index contributed by atoms with van der Waals surface area (Å²) in [6, 6.07) is 0. The largest absolute Gasteiger partial charge is 0.373 e. The van der Waals surface area contributed by atoms with Crippen LogP contribution in [-0.4, -0.2) is 67.4 Å². The summed E-state index contributed by atoms with van der Waals surface area (Å²) in [4.78, 5) is 27.9. The van der Waals surface area contributed by atoms with Crippen LogP contribution in [-0.2, 0) is 14.3 Å². The van der Waals surface area contributed by atoms with Gasteiger partial charge >= 0.3 is 0 Å². The molecule has 1 amide bonds. The van der Waals surface area contributed by atoms with Gasteiger partial charge in [-0.2, -0.15) is 0 Å². The van der Waals surface area contributed by atoms with E-state index in [0.717, 1.165) is 45.3 Å². The van der Waals surface area contributed by atoms with Crippen molar-refractivity contribution < 1.29 is 14.3 Å². The zero-order valence-electron chi connectivity index (χ0n) is 10.7. The number of carbonyl (C=O) groups is 2. The summed E-state index contributed by atoms with van der Waals surface area (Å²) in [5.41, 5.74) is 0. The van der Waals surface area contributed by atoms with Crippen molar-refractivity contribution in [3.8, 4) is 0 Å². The van der Waals surface area contributed by atoms with E-state index in [0.29, 0.717) is 0 Å². The second kappa shape index (κ2) is 4.63. The maximum absolute atomic E-state index is 12.5. The minimum Gasteiger partial charge on any atom is -0.373 e. The van der Waals surface area contributed by atoms with Gasteiger partial charge in [0, 0.05) is 26.2 Å². The van der Waals surface area contributed by atoms with Crippen LogP contribution < -0.4 is 0 Å². The maximum atomic E-state index is 12.5. The average Bonchev–Trinajstić information content (AvgIpc) is 2.98. The highest BCUT2D eigenvalue weighted by atomic mass is 16.5. The summed E-state index contributed by atoms with van der Waals surface area (Å²) in [5.74, 6) is -0.298. The van der Waals surface area contributed by atoms with Crippen LogP contribution in [0.15, 0.2) is 0 Å². The van der Waals surface area contributed by atoms with Crippen LogP contribution in [0.2, 0.25) is 0 Å². The number of aldehydes is 1. The van der Waals surface area contributed by atoms with Gasteiger partial charge in [0.15, 0.2) is 0 Å². The van der Waals surface area contributed by atoms with Crippen LogP contribution in [0.3, 0.4) is 0 Å². The van der Waals surface area contributed by atoms with Crippen LogP contribution in [0.4, 0.5) is 0 Å². The molecule has 5 heteroatoms. The van der Waals surface area contributed by atoms with Crippen LogP contribution in [0, 0.1) is 11.8 Å². The Bertz CT molecular complexity index is 352. The van der Waals surface area contributed by atoms with Crippen LogP contribution in [0.25, 0.3) is 0 Å². The molecule has 0 radical (unpaired) electrons. The van der Waals surface area contributed by atoms with Gasteiger partial charge < -0.3 is 19.3 Å². The molecule has 3 heterocycles. The molecule has 100 valence electrons. The highest BCUT2D eigenvalue weighted by Gasteiger charge is 2.53. The zero-order valence-corrected chi connectivity index (χ0v) is 10.7. The predicted octanol–water partition coefficient (Wildman–Crippen LogP) is -0.247. The van der Waals surface area contributed by atoms with Crippen molar-refractivity contribution in [1.82, 2.24) is 9.80 Å². The van der Waals surface area contributed by atoms with E-state index >= 15 is 0 Å². The van der Waals surface area contributed by atoms with E-state index in [1.807, 2.05) is 4.90 Å². The molecule has 3 aliphatic rings. The molecule has 3 fully saturated rings. The van der Waals surface area contributed by atoms with Gasteiger partial charge in [0.2, 0.25) is 5.91 Å². The Hall–Kier alpha value is -0.940. The number of amides is 1. The molecule has 3 saturated heterocycles. The highest BCUT2D eigenvalue weighted by molar-refractivity contribution is 5.83. The molecule has 0 aromatic carbocycles. The van der Waals surface area contributed by atoms with E-state index in [4.69, 9.17) is 4.74 Å². The van der Waals surface area contributed by atoms with Gasteiger partial charge in [-0.3, -0.25) is 4.79 Å². The molecule has 0 aromatic rings. The number of carbonyl (C=O) groups excluding carboxylic acids is 2. The first-order valence-corrected chi connectivity index (χ1v) is 6.79. The van der Waals surface area contributed by atoms with Crippen molar-refractivity contribution >= 4 is 12.2 Å². The fourth-order valence-electron chi connectivity index (χ4n) is 3.45. The Kier molecular flexibility index (Phi) is 3.11. The fourth-order valence-corrected chi connectivity index (χ4v) is 3.45. The Morgan fingerprint density at radius 3 is 2.50 bits per heavy atom. The molecule has 3 aliphatic heterocycles. The zero-order chi connectivity index (χ0) is 12.7. The molecule has 3 rings (SSSR count). The smallest absolute Gasteiger partial charge is 0.229 e. The van der Waals surface area contributed by atoms with Gasteiger partial charge in [0.05, 0.1) is 24.0 Å². The molecular formula is C13H20N2O3. The molecule has 0 N–H and O–H groups in total. The number of hydrogen-bond acceptors (Lipinski definition) is 4. The Morgan fingerprint density at radius 1 is 1.17 bits per heavy atom. The van der Waals surface area contributed by atoms with Crippen molar-refractivity contribution in [2.24, 2.45) is 11.8 Å². The summed E-state index contributed by atoms with van der Waals surface area (Å²) in [7, 11) is 2.07. The number of piperazine rings is 1. The molecule has 2 unspecified atom stereocenters. The lowest BCUT2D eigenvalue weighted by Crippen LogP contribution is -2.51. The molecule has 0 saturated carbocycles. The lowest BCUT2D eigenvalue weighted by atomic mass is 9.79. The van der Waals surface area contributed by atoms with E-state index in [9.17, 15) is 9.59 Å². The van der Waals surface area contributed by atoms with Gasteiger partial charge in [-0.05, 0) is 19.9 Å². The van der Waals surface area contributed by atoms with Gasteiger partial charge in [0.25, 0.3) is 0 Å². The average molecular weight is 252 g/mol. The van der Waals surface area contributed by atoms with E-state index in [1.165, 1.54) is 0 Å². The highest BCUT2D eigenvalue weighted by Crippen LogP contribution is 2.43. The van der Waals surface area contributed by atoms with Gasteiger partial charge in [-0.1, -0.05) is 0 Å². The monoisotopic (exact) mass is 252 g/mol. The third-order valence-corrected chi connectivity index (χ3v) is 4.59. The molecule has 4 atom stereocenters. The van der Waals surface area contributed by atoms with Crippen molar-refractivity contribution in [2.75, 3.05) is 33.2 Å². The molecule has 2 bridgehead atoms. The molecule has 0 aliphatic carbocycles. The SMILES string of the molecule is CN1CCN(C(=O)C2C(C=O)[C@H]3CC[C@@H]2O3)CC1. The summed E-state index contributed by atoms with van der Waals surface area (Å²) in [6.07, 6.45) is 2.77. The number of ether oxygens (including phenoxy) is 1. The Morgan fingerprint density at radius 2 is 1.83 bits per heavy atom. The normalized spacial score (nSPS) is 40.2. The molecule has 0 spiro atoms. The summed E-state index contributed by atoms with van der Waals surface area (Å²) < 4.78 is 5.73. The van der Waals surface area contributed by atoms with Gasteiger partial charge in [-0.15, -0.1) is 0 Å². The number of likely N-dealkylation sites (N-methyl/N-ethyl adjacent to an activating group) is 1. The standard InChI is InChI=1S/C13H20N2O3/c1-14-4-6-15(7-5-14)13(17)12-9(8-16)10-2-3-11(12)18-10/h8-12H,2-7H2,1H3/t9?,10-,11+,12?/m1/s1. The quantitative estimate of drug-likeness (QED) is 0.636. The topological polar surface area (TPSA) is 49.9 Å². The third kappa shape index (κ3) is 1.86. The first kappa shape index (κ1) is 12.1. The first-order valence-electron chi connectivity index (χ1n) is 6.79. The lowest BCUT2D eigenvalue weighted by Gasteiger charge is -2.36. The van der Waals surface area contributed by atoms with E-state index in [2.05, 4.69) is 11.9 Å². The number of rotatable bonds is 2. The predicted molar refractivity (Wildman–Crippen MR) is 65.0 cm³/mol. The van der Waals surface area contributed by atoms with Gasteiger partial charge in [0.1, 0.15) is 6.29 Å². The molecule has 0 aromatic heterocycles. The van der Waals surface area contributed by atoms with Crippen LogP contribution in [0.1, 0.15) is 12.8 Å². The third-order valence-electron chi connectivity index (χ3n) is 4.59. The van der Waals surface area contributed by atoms with Gasteiger partial charge in [-0.25, -0.2) is 0 Å². The number of hydrogen-bond donors (Lipinski definition) is 0. The number of fused-ring (bicyclic) bond motifs is 2. The minimum atomic E-state index is -0.218. The summed E-state index contributed by atoms with van der Waals surface area (Å²) in [6.45, 7) is 3.38. The Labute approximate surface area is 107 Å². The van der Waals surface area contributed by atoms with E-state index in [-0.39, 0.29) is 30.0 Å². The van der Waals surface area contributed by atoms with Crippen molar-refractivity contribution in [2.45, 2.75) is 25.0 Å². The van der Waals surface area contributed by atoms with E-state index in [1.54, 1.807) is 0 Å². The number of nitrogens with zero attached hydrogens (tertiary/aromatic N) is 2. The van der Waals surface area contributed by atoms with Crippen molar-refractivity contribution in [3.05, 3.63) is 0 Å².